The van der Waals surface area contributed by atoms with E-state index >= 15 is 0 Å². The van der Waals surface area contributed by atoms with Crippen molar-refractivity contribution in [2.45, 2.75) is 6.54 Å². The summed E-state index contributed by atoms with van der Waals surface area (Å²) in [5.41, 5.74) is 4.44. The van der Waals surface area contributed by atoms with Crippen LogP contribution in [0.3, 0.4) is 0 Å². The highest BCUT2D eigenvalue weighted by molar-refractivity contribution is 5.94. The minimum atomic E-state index is -0.446. The molecule has 0 saturated heterocycles. The minimum absolute atomic E-state index is 0.0311. The molecule has 0 radical (unpaired) electrons. The topological polar surface area (TPSA) is 102 Å². The van der Waals surface area contributed by atoms with Gasteiger partial charge in [0.05, 0.1) is 17.7 Å². The van der Waals surface area contributed by atoms with E-state index in [1.165, 1.54) is 12.1 Å². The molecule has 8 heteroatoms. The first-order chi connectivity index (χ1) is 14.6. The van der Waals surface area contributed by atoms with Gasteiger partial charge in [-0.05, 0) is 34.0 Å². The van der Waals surface area contributed by atoms with Crippen LogP contribution < -0.4 is 5.43 Å². The smallest absolute Gasteiger partial charge is 0.268 e. The van der Waals surface area contributed by atoms with Gasteiger partial charge in [-0.15, -0.1) is 0 Å². The van der Waals surface area contributed by atoms with Gasteiger partial charge in [0.1, 0.15) is 0 Å². The third-order valence-electron chi connectivity index (χ3n) is 4.52. The van der Waals surface area contributed by atoms with E-state index in [9.17, 15) is 14.9 Å². The van der Waals surface area contributed by atoms with Crippen LogP contribution in [0.25, 0.3) is 10.8 Å². The summed E-state index contributed by atoms with van der Waals surface area (Å²) < 4.78 is 1.59. The van der Waals surface area contributed by atoms with Gasteiger partial charge < -0.3 is 0 Å². The Hall–Kier alpha value is -4.33. The number of nitrogens with one attached hydrogen (secondary N) is 1. The summed E-state index contributed by atoms with van der Waals surface area (Å²) >= 11 is 0. The number of carbonyl (C=O) groups is 1. The Labute approximate surface area is 171 Å². The van der Waals surface area contributed by atoms with E-state index in [-0.39, 0.29) is 11.4 Å². The quantitative estimate of drug-likeness (QED) is 0.303. The fourth-order valence-electron chi connectivity index (χ4n) is 2.99. The largest absolute Gasteiger partial charge is 0.291 e. The monoisotopic (exact) mass is 399 g/mol. The van der Waals surface area contributed by atoms with Crippen molar-refractivity contribution in [1.29, 1.82) is 0 Å². The van der Waals surface area contributed by atoms with Crippen molar-refractivity contribution >= 4 is 28.6 Å². The molecule has 0 bridgehead atoms. The summed E-state index contributed by atoms with van der Waals surface area (Å²) in [7, 11) is 0. The number of fused-ring (bicyclic) bond motifs is 1. The van der Waals surface area contributed by atoms with Crippen LogP contribution in [0, 0.1) is 10.1 Å². The van der Waals surface area contributed by atoms with Crippen LogP contribution in [-0.2, 0) is 6.54 Å². The van der Waals surface area contributed by atoms with Gasteiger partial charge in [-0.3, -0.25) is 19.6 Å². The maximum absolute atomic E-state index is 12.3. The highest BCUT2D eigenvalue weighted by Gasteiger charge is 2.09. The highest BCUT2D eigenvalue weighted by Crippen LogP contribution is 2.15. The molecule has 0 aliphatic heterocycles. The predicted molar refractivity (Wildman–Crippen MR) is 113 cm³/mol. The van der Waals surface area contributed by atoms with E-state index in [2.05, 4.69) is 15.6 Å². The molecule has 1 amide bonds. The van der Waals surface area contributed by atoms with Crippen molar-refractivity contribution in [3.05, 3.63) is 106 Å². The molecule has 0 spiro atoms. The molecule has 30 heavy (non-hydrogen) atoms. The second kappa shape index (κ2) is 8.36. The van der Waals surface area contributed by atoms with Crippen molar-refractivity contribution < 1.29 is 9.72 Å². The fraction of sp³-hybridized carbons (Fsp3) is 0.0455. The summed E-state index contributed by atoms with van der Waals surface area (Å²) in [6.45, 7) is 0.394. The molecule has 1 heterocycles. The maximum atomic E-state index is 12.3. The Morgan fingerprint density at radius 3 is 2.60 bits per heavy atom. The van der Waals surface area contributed by atoms with E-state index in [4.69, 9.17) is 0 Å². The normalized spacial score (nSPS) is 11.1. The number of hydrogen-bond acceptors (Lipinski definition) is 5. The molecule has 4 rings (SSSR count). The number of non-ortho nitro benzene ring substituents is 1. The minimum Gasteiger partial charge on any atom is -0.268 e. The third-order valence-corrected chi connectivity index (χ3v) is 4.52. The van der Waals surface area contributed by atoms with Gasteiger partial charge in [-0.1, -0.05) is 48.5 Å². The summed E-state index contributed by atoms with van der Waals surface area (Å²) in [4.78, 5) is 22.5. The third kappa shape index (κ3) is 4.39. The van der Waals surface area contributed by atoms with Crippen LogP contribution in [0.2, 0.25) is 0 Å². The second-order valence-electron chi connectivity index (χ2n) is 6.63. The lowest BCUT2D eigenvalue weighted by Crippen LogP contribution is -2.18. The first-order valence-corrected chi connectivity index (χ1v) is 9.17. The number of benzene rings is 3. The number of carbonyl (C=O) groups excluding carboxylic acids is 1. The molecule has 0 fully saturated rings. The summed E-state index contributed by atoms with van der Waals surface area (Å²) in [5.74, 6) is -0.422. The van der Waals surface area contributed by atoms with Crippen molar-refractivity contribution in [2.24, 2.45) is 5.10 Å². The molecular formula is C22H17N5O3. The molecule has 0 saturated carbocycles. The van der Waals surface area contributed by atoms with E-state index in [0.29, 0.717) is 6.54 Å². The van der Waals surface area contributed by atoms with Crippen LogP contribution in [0.1, 0.15) is 21.6 Å². The van der Waals surface area contributed by atoms with Crippen LogP contribution in [0.5, 0.6) is 0 Å². The van der Waals surface area contributed by atoms with Crippen LogP contribution in [-0.4, -0.2) is 26.8 Å². The van der Waals surface area contributed by atoms with Gasteiger partial charge in [0.25, 0.3) is 11.6 Å². The average molecular weight is 399 g/mol. The first kappa shape index (κ1) is 19.0. The molecule has 4 aromatic rings. The maximum Gasteiger partial charge on any atom is 0.291 e. The Bertz CT molecular complexity index is 1250. The number of hydrazone groups is 1. The van der Waals surface area contributed by atoms with Crippen molar-refractivity contribution in [2.75, 3.05) is 0 Å². The molecular weight excluding hydrogens is 382 g/mol. The van der Waals surface area contributed by atoms with Gasteiger partial charge in [-0.2, -0.15) is 10.2 Å². The lowest BCUT2D eigenvalue weighted by atomic mass is 10.1. The number of amides is 1. The van der Waals surface area contributed by atoms with Crippen LogP contribution in [0.4, 0.5) is 5.69 Å². The van der Waals surface area contributed by atoms with E-state index in [1.54, 1.807) is 35.3 Å². The summed E-state index contributed by atoms with van der Waals surface area (Å²) in [6, 6.07) is 21.7. The number of hydrogen-bond donors (Lipinski definition) is 1. The standard InChI is InChI=1S/C22H17N5O3/c28-22(24-23-14-17-5-8-18-3-1-2-4-19(18)13-17)21-11-12-26(25-21)15-16-6-9-20(10-7-16)27(29)30/h1-14H,15H2,(H,24,28). The van der Waals surface area contributed by atoms with Crippen LogP contribution >= 0.6 is 0 Å². The van der Waals surface area contributed by atoms with Crippen molar-refractivity contribution in [1.82, 2.24) is 15.2 Å². The van der Waals surface area contributed by atoms with Gasteiger partial charge in [0.2, 0.25) is 0 Å². The zero-order valence-corrected chi connectivity index (χ0v) is 15.8. The average Bonchev–Trinajstić information content (AvgIpc) is 3.22. The fourth-order valence-corrected chi connectivity index (χ4v) is 2.99. The van der Waals surface area contributed by atoms with Crippen LogP contribution in [0.15, 0.2) is 84.1 Å². The summed E-state index contributed by atoms with van der Waals surface area (Å²) in [5, 5.41) is 21.2. The number of rotatable bonds is 6. The zero-order chi connectivity index (χ0) is 20.9. The lowest BCUT2D eigenvalue weighted by Gasteiger charge is -2.02. The lowest BCUT2D eigenvalue weighted by molar-refractivity contribution is -0.384. The molecule has 8 nitrogen and oxygen atoms in total. The van der Waals surface area contributed by atoms with Crippen molar-refractivity contribution in [3.8, 4) is 0 Å². The Morgan fingerprint density at radius 1 is 1.07 bits per heavy atom. The first-order valence-electron chi connectivity index (χ1n) is 9.17. The second-order valence-corrected chi connectivity index (χ2v) is 6.63. The van der Waals surface area contributed by atoms with E-state index in [1.807, 2.05) is 42.5 Å². The van der Waals surface area contributed by atoms with Gasteiger partial charge in [-0.25, -0.2) is 5.43 Å². The molecule has 0 aliphatic rings. The molecule has 0 aliphatic carbocycles. The predicted octanol–water partition coefficient (Wildman–Crippen LogP) is 3.76. The zero-order valence-electron chi connectivity index (χ0n) is 15.8. The molecule has 1 N–H and O–H groups in total. The number of nitrogens with zero attached hydrogens (tertiary/aromatic N) is 4. The van der Waals surface area contributed by atoms with Gasteiger partial charge in [0.15, 0.2) is 5.69 Å². The number of nitro groups is 1. The molecule has 148 valence electrons. The Kier molecular flexibility index (Phi) is 5.29. The number of aromatic nitrogens is 2. The summed E-state index contributed by atoms with van der Waals surface area (Å²) in [6.07, 6.45) is 3.25. The Balaban J connectivity index is 1.37. The SMILES string of the molecule is O=C(NN=Cc1ccc2ccccc2c1)c1ccn(Cc2ccc([N+](=O)[O-])cc2)n1. The molecule has 0 atom stereocenters. The molecule has 1 aromatic heterocycles. The number of nitro benzene ring substituents is 1. The van der Waals surface area contributed by atoms with Gasteiger partial charge >= 0.3 is 0 Å². The van der Waals surface area contributed by atoms with Gasteiger partial charge in [0, 0.05) is 18.3 Å². The van der Waals surface area contributed by atoms with E-state index in [0.717, 1.165) is 21.9 Å². The Morgan fingerprint density at radius 2 is 1.83 bits per heavy atom. The van der Waals surface area contributed by atoms with Crippen molar-refractivity contribution in [3.63, 3.8) is 0 Å². The highest BCUT2D eigenvalue weighted by atomic mass is 16.6. The molecule has 0 unspecified atom stereocenters. The molecule has 3 aromatic carbocycles. The van der Waals surface area contributed by atoms with E-state index < -0.39 is 10.8 Å².